The molecule has 0 heterocycles. The van der Waals surface area contributed by atoms with Gasteiger partial charge < -0.3 is 15.5 Å². The topological polar surface area (TPSA) is 61.4 Å². The van der Waals surface area contributed by atoms with Crippen LogP contribution in [-0.4, -0.2) is 43.4 Å². The number of benzene rings is 1. The van der Waals surface area contributed by atoms with E-state index in [9.17, 15) is 9.59 Å². The Morgan fingerprint density at radius 2 is 1.80 bits per heavy atom. The van der Waals surface area contributed by atoms with E-state index < -0.39 is 0 Å². The molecule has 2 N–H and O–H groups in total. The first-order chi connectivity index (χ1) is 9.42. The molecule has 5 heteroatoms. The second kappa shape index (κ2) is 7.65. The fourth-order valence-electron chi connectivity index (χ4n) is 1.60. The molecule has 1 aromatic rings. The molecule has 1 unspecified atom stereocenters. The minimum atomic E-state index is -0.0921. The largest absolute Gasteiger partial charge is 0.350 e. The van der Waals surface area contributed by atoms with Crippen molar-refractivity contribution < 1.29 is 9.59 Å². The first-order valence-electron chi connectivity index (χ1n) is 6.78. The lowest BCUT2D eigenvalue weighted by Crippen LogP contribution is -2.31. The summed E-state index contributed by atoms with van der Waals surface area (Å²) in [4.78, 5) is 25.3. The Morgan fingerprint density at radius 1 is 1.20 bits per heavy atom. The van der Waals surface area contributed by atoms with Gasteiger partial charge in [0, 0.05) is 17.3 Å². The van der Waals surface area contributed by atoms with Gasteiger partial charge in [-0.05, 0) is 51.7 Å². The molecule has 0 saturated heterocycles. The zero-order chi connectivity index (χ0) is 15.1. The van der Waals surface area contributed by atoms with E-state index in [4.69, 9.17) is 0 Å². The maximum Gasteiger partial charge on any atom is 0.251 e. The Hall–Kier alpha value is -1.88. The predicted octanol–water partition coefficient (Wildman–Crippen LogP) is 1.71. The van der Waals surface area contributed by atoms with Crippen LogP contribution in [0.15, 0.2) is 24.3 Å². The maximum atomic E-state index is 11.9. The van der Waals surface area contributed by atoms with Crippen LogP contribution >= 0.6 is 0 Å². The van der Waals surface area contributed by atoms with Gasteiger partial charge in [-0.2, -0.15) is 0 Å². The average molecular weight is 277 g/mol. The van der Waals surface area contributed by atoms with Gasteiger partial charge in [-0.15, -0.1) is 0 Å². The minimum Gasteiger partial charge on any atom is -0.350 e. The first kappa shape index (κ1) is 16.2. The van der Waals surface area contributed by atoms with Crippen molar-refractivity contribution in [3.8, 4) is 0 Å². The third-order valence-electron chi connectivity index (χ3n) is 2.88. The van der Waals surface area contributed by atoms with Gasteiger partial charge in [-0.3, -0.25) is 9.59 Å². The number of carbonyl (C=O) groups is 2. The molecular weight excluding hydrogens is 254 g/mol. The lowest BCUT2D eigenvalue weighted by molar-refractivity contribution is -0.116. The fourth-order valence-corrected chi connectivity index (χ4v) is 1.60. The summed E-state index contributed by atoms with van der Waals surface area (Å²) in [5, 5.41) is 5.68. The Labute approximate surface area is 120 Å². The highest BCUT2D eigenvalue weighted by Crippen LogP contribution is 2.10. The molecule has 1 atom stereocenters. The highest BCUT2D eigenvalue weighted by molar-refractivity contribution is 5.96. The lowest BCUT2D eigenvalue weighted by atomic mass is 10.1. The van der Waals surface area contributed by atoms with Gasteiger partial charge in [0.05, 0.1) is 6.54 Å². The molecular formula is C15H23N3O2. The van der Waals surface area contributed by atoms with Crippen molar-refractivity contribution in [2.24, 2.45) is 0 Å². The van der Waals surface area contributed by atoms with Crippen LogP contribution in [0.25, 0.3) is 0 Å². The van der Waals surface area contributed by atoms with Crippen molar-refractivity contribution in [2.75, 3.05) is 26.0 Å². The van der Waals surface area contributed by atoms with Crippen LogP contribution < -0.4 is 10.6 Å². The van der Waals surface area contributed by atoms with Gasteiger partial charge in [0.2, 0.25) is 5.91 Å². The average Bonchev–Trinajstić information content (AvgIpc) is 2.38. The standard InChI is InChI=1S/C15H23N3O2/c1-5-11(2)16-15(20)12-6-8-13(9-7-12)17-14(19)10-18(3)4/h6-9,11H,5,10H2,1-4H3,(H,16,20)(H,17,19). The van der Waals surface area contributed by atoms with Crippen molar-refractivity contribution in [1.82, 2.24) is 10.2 Å². The summed E-state index contributed by atoms with van der Waals surface area (Å²) in [6.07, 6.45) is 0.893. The lowest BCUT2D eigenvalue weighted by Gasteiger charge is -2.12. The van der Waals surface area contributed by atoms with E-state index in [1.54, 1.807) is 29.2 Å². The molecule has 0 fully saturated rings. The van der Waals surface area contributed by atoms with E-state index in [-0.39, 0.29) is 17.9 Å². The number of likely N-dealkylation sites (N-methyl/N-ethyl adjacent to an activating group) is 1. The molecule has 110 valence electrons. The molecule has 1 rings (SSSR count). The molecule has 0 aromatic heterocycles. The molecule has 20 heavy (non-hydrogen) atoms. The Bertz CT molecular complexity index is 455. The molecule has 2 amide bonds. The van der Waals surface area contributed by atoms with Gasteiger partial charge >= 0.3 is 0 Å². The summed E-state index contributed by atoms with van der Waals surface area (Å²) in [6, 6.07) is 7.05. The number of carbonyl (C=O) groups excluding carboxylic acids is 2. The fraction of sp³-hybridized carbons (Fsp3) is 0.467. The van der Waals surface area contributed by atoms with Gasteiger partial charge in [0.1, 0.15) is 0 Å². The van der Waals surface area contributed by atoms with Crippen molar-refractivity contribution in [1.29, 1.82) is 0 Å². The number of anilines is 1. The van der Waals surface area contributed by atoms with Gasteiger partial charge in [0.25, 0.3) is 5.91 Å². The highest BCUT2D eigenvalue weighted by atomic mass is 16.2. The van der Waals surface area contributed by atoms with Crippen LogP contribution in [0.2, 0.25) is 0 Å². The molecule has 0 spiro atoms. The van der Waals surface area contributed by atoms with Crippen LogP contribution in [0.1, 0.15) is 30.6 Å². The maximum absolute atomic E-state index is 11.9. The van der Waals surface area contributed by atoms with E-state index in [2.05, 4.69) is 10.6 Å². The van der Waals surface area contributed by atoms with Crippen molar-refractivity contribution in [2.45, 2.75) is 26.3 Å². The monoisotopic (exact) mass is 277 g/mol. The van der Waals surface area contributed by atoms with E-state index in [1.165, 1.54) is 0 Å². The zero-order valence-corrected chi connectivity index (χ0v) is 12.6. The smallest absolute Gasteiger partial charge is 0.251 e. The summed E-state index contributed by atoms with van der Waals surface area (Å²) in [7, 11) is 3.67. The Kier molecular flexibility index (Phi) is 6.18. The number of nitrogens with one attached hydrogen (secondary N) is 2. The van der Waals surface area contributed by atoms with Crippen molar-refractivity contribution >= 4 is 17.5 Å². The molecule has 0 bridgehead atoms. The number of rotatable bonds is 6. The van der Waals surface area contributed by atoms with Crippen LogP contribution in [0.5, 0.6) is 0 Å². The van der Waals surface area contributed by atoms with Gasteiger partial charge in [-0.25, -0.2) is 0 Å². The van der Waals surface area contributed by atoms with E-state index in [0.29, 0.717) is 17.8 Å². The normalized spacial score (nSPS) is 12.1. The van der Waals surface area contributed by atoms with Crippen molar-refractivity contribution in [3.63, 3.8) is 0 Å². The molecule has 1 aromatic carbocycles. The minimum absolute atomic E-state index is 0.0770. The predicted molar refractivity (Wildman–Crippen MR) is 80.8 cm³/mol. The molecule has 5 nitrogen and oxygen atoms in total. The summed E-state index contributed by atoms with van der Waals surface area (Å²) in [6.45, 7) is 4.32. The Morgan fingerprint density at radius 3 is 2.30 bits per heavy atom. The second-order valence-electron chi connectivity index (χ2n) is 5.15. The first-order valence-corrected chi connectivity index (χ1v) is 6.78. The summed E-state index contributed by atoms with van der Waals surface area (Å²) >= 11 is 0. The third-order valence-corrected chi connectivity index (χ3v) is 2.88. The highest BCUT2D eigenvalue weighted by Gasteiger charge is 2.09. The summed E-state index contributed by atoms with van der Waals surface area (Å²) < 4.78 is 0. The second-order valence-corrected chi connectivity index (χ2v) is 5.15. The Balaban J connectivity index is 2.60. The van der Waals surface area contributed by atoms with Crippen LogP contribution in [0, 0.1) is 0 Å². The third kappa shape index (κ3) is 5.40. The van der Waals surface area contributed by atoms with Crippen LogP contribution in [0.4, 0.5) is 5.69 Å². The molecule has 0 saturated carbocycles. The summed E-state index contributed by atoms with van der Waals surface area (Å²) in [5.74, 6) is -0.169. The molecule has 0 radical (unpaired) electrons. The molecule has 0 aliphatic rings. The van der Waals surface area contributed by atoms with Gasteiger partial charge in [0.15, 0.2) is 0 Å². The van der Waals surface area contributed by atoms with E-state index in [0.717, 1.165) is 6.42 Å². The molecule has 0 aliphatic heterocycles. The zero-order valence-electron chi connectivity index (χ0n) is 12.6. The SMILES string of the molecule is CCC(C)NC(=O)c1ccc(NC(=O)CN(C)C)cc1. The molecule has 0 aliphatic carbocycles. The van der Waals surface area contributed by atoms with Crippen molar-refractivity contribution in [3.05, 3.63) is 29.8 Å². The van der Waals surface area contributed by atoms with Crippen LogP contribution in [0.3, 0.4) is 0 Å². The van der Waals surface area contributed by atoms with Crippen LogP contribution in [-0.2, 0) is 4.79 Å². The number of nitrogens with zero attached hydrogens (tertiary/aromatic N) is 1. The quantitative estimate of drug-likeness (QED) is 0.832. The van der Waals surface area contributed by atoms with E-state index >= 15 is 0 Å². The number of hydrogen-bond donors (Lipinski definition) is 2. The number of amides is 2. The summed E-state index contributed by atoms with van der Waals surface area (Å²) in [5.41, 5.74) is 1.29. The van der Waals surface area contributed by atoms with Gasteiger partial charge in [-0.1, -0.05) is 6.92 Å². The number of hydrogen-bond acceptors (Lipinski definition) is 3. The van der Waals surface area contributed by atoms with E-state index in [1.807, 2.05) is 27.9 Å².